The minimum absolute atomic E-state index is 0.0421. The Morgan fingerprint density at radius 1 is 0.921 bits per heavy atom. The number of rotatable bonds is 8. The molecule has 0 atom stereocenters. The van der Waals surface area contributed by atoms with E-state index < -0.39 is 0 Å². The van der Waals surface area contributed by atoms with Gasteiger partial charge in [0, 0.05) is 24.3 Å². The first kappa shape index (κ1) is 26.0. The van der Waals surface area contributed by atoms with Gasteiger partial charge in [-0.2, -0.15) is 0 Å². The maximum Gasteiger partial charge on any atom is 0.322 e. The summed E-state index contributed by atoms with van der Waals surface area (Å²) >= 11 is 0. The summed E-state index contributed by atoms with van der Waals surface area (Å²) in [5.74, 6) is 0.599. The van der Waals surface area contributed by atoms with Crippen LogP contribution in [0.15, 0.2) is 79.1 Å². The van der Waals surface area contributed by atoms with Crippen LogP contribution in [0.4, 0.5) is 10.5 Å². The van der Waals surface area contributed by atoms with Gasteiger partial charge in [-0.15, -0.1) is 0 Å². The fourth-order valence-corrected chi connectivity index (χ4v) is 6.06. The zero-order chi connectivity index (χ0) is 26.7. The van der Waals surface area contributed by atoms with E-state index in [4.69, 9.17) is 4.98 Å². The molecule has 1 aliphatic carbocycles. The molecule has 2 aromatic heterocycles. The van der Waals surface area contributed by atoms with Gasteiger partial charge in [-0.1, -0.05) is 89.1 Å². The van der Waals surface area contributed by atoms with Crippen LogP contribution in [0.5, 0.6) is 0 Å². The molecule has 5 rings (SSSR count). The highest BCUT2D eigenvalue weighted by atomic mass is 16.2. The Hall–Kier alpha value is -3.60. The number of nitrogens with zero attached hydrogens (tertiary/aromatic N) is 3. The number of benzene rings is 2. The molecule has 38 heavy (non-hydrogen) atoms. The SMILES string of the molecule is CC(C)c1cccc(C(C)C)c1N(Cc1ccccc1)C(=O)NCC1(n2ccc3cccnc32)CCCC1. The predicted molar refractivity (Wildman–Crippen MR) is 157 cm³/mol. The molecule has 5 heteroatoms. The topological polar surface area (TPSA) is 50.2 Å². The average Bonchev–Trinajstić information content (AvgIpc) is 3.58. The highest BCUT2D eigenvalue weighted by Gasteiger charge is 2.37. The number of amides is 2. The lowest BCUT2D eigenvalue weighted by Gasteiger charge is -2.35. The van der Waals surface area contributed by atoms with Crippen LogP contribution in [-0.2, 0) is 12.1 Å². The first-order valence-electron chi connectivity index (χ1n) is 14.0. The summed E-state index contributed by atoms with van der Waals surface area (Å²) in [6, 6.07) is 23.0. The van der Waals surface area contributed by atoms with Gasteiger partial charge in [-0.05, 0) is 59.6 Å². The fraction of sp³-hybridized carbons (Fsp3) is 0.394. The number of carbonyl (C=O) groups excluding carboxylic acids is 1. The van der Waals surface area contributed by atoms with Crippen LogP contribution in [0.2, 0.25) is 0 Å². The Kier molecular flexibility index (Phi) is 7.55. The number of urea groups is 1. The van der Waals surface area contributed by atoms with Crippen molar-refractivity contribution in [2.24, 2.45) is 0 Å². The number of anilines is 1. The van der Waals surface area contributed by atoms with Gasteiger partial charge in [0.05, 0.1) is 17.8 Å². The van der Waals surface area contributed by atoms with Crippen LogP contribution in [0, 0.1) is 0 Å². The highest BCUT2D eigenvalue weighted by molar-refractivity contribution is 5.94. The molecule has 0 aliphatic heterocycles. The second-order valence-electron chi connectivity index (χ2n) is 11.4. The van der Waals surface area contributed by atoms with Crippen LogP contribution < -0.4 is 10.2 Å². The molecule has 2 amide bonds. The Morgan fingerprint density at radius 3 is 2.26 bits per heavy atom. The van der Waals surface area contributed by atoms with Gasteiger partial charge >= 0.3 is 6.03 Å². The van der Waals surface area contributed by atoms with E-state index in [0.29, 0.717) is 24.9 Å². The largest absolute Gasteiger partial charge is 0.335 e. The van der Waals surface area contributed by atoms with Crippen LogP contribution in [0.1, 0.15) is 81.9 Å². The molecular weight excluding hydrogens is 468 g/mol. The molecule has 0 bridgehead atoms. The number of hydrogen-bond acceptors (Lipinski definition) is 2. The quantitative estimate of drug-likeness (QED) is 0.262. The number of aromatic nitrogens is 2. The number of carbonyl (C=O) groups is 1. The summed E-state index contributed by atoms with van der Waals surface area (Å²) in [4.78, 5) is 20.9. The monoisotopic (exact) mass is 508 g/mol. The van der Waals surface area contributed by atoms with Crippen molar-refractivity contribution in [2.75, 3.05) is 11.4 Å². The lowest BCUT2D eigenvalue weighted by molar-refractivity contribution is 0.233. The van der Waals surface area contributed by atoms with Crippen molar-refractivity contribution < 1.29 is 4.79 Å². The summed E-state index contributed by atoms with van der Waals surface area (Å²) in [6.45, 7) is 9.94. The Morgan fingerprint density at radius 2 is 1.61 bits per heavy atom. The average molecular weight is 509 g/mol. The van der Waals surface area contributed by atoms with Crippen molar-refractivity contribution in [1.29, 1.82) is 0 Å². The lowest BCUT2D eigenvalue weighted by Crippen LogP contribution is -2.48. The van der Waals surface area contributed by atoms with E-state index in [-0.39, 0.29) is 11.6 Å². The third-order valence-electron chi connectivity index (χ3n) is 8.10. The second-order valence-corrected chi connectivity index (χ2v) is 11.4. The molecule has 1 saturated carbocycles. The number of fused-ring (bicyclic) bond motifs is 1. The Balaban J connectivity index is 1.51. The molecule has 0 saturated heterocycles. The van der Waals surface area contributed by atoms with Crippen molar-refractivity contribution in [1.82, 2.24) is 14.9 Å². The first-order chi connectivity index (χ1) is 18.4. The number of pyridine rings is 1. The van der Waals surface area contributed by atoms with E-state index in [1.165, 1.54) is 11.1 Å². The molecule has 0 radical (unpaired) electrons. The summed E-state index contributed by atoms with van der Waals surface area (Å²) in [6.07, 6.45) is 8.39. The third-order valence-corrected chi connectivity index (χ3v) is 8.10. The number of nitrogens with one attached hydrogen (secondary N) is 1. The summed E-state index contributed by atoms with van der Waals surface area (Å²) < 4.78 is 2.32. The molecule has 5 nitrogen and oxygen atoms in total. The van der Waals surface area contributed by atoms with Crippen molar-refractivity contribution in [3.8, 4) is 0 Å². The zero-order valence-electron chi connectivity index (χ0n) is 23.2. The van der Waals surface area contributed by atoms with E-state index in [0.717, 1.165) is 48.0 Å². The van der Waals surface area contributed by atoms with Gasteiger partial charge < -0.3 is 9.88 Å². The third kappa shape index (κ3) is 5.07. The molecule has 1 aliphatic rings. The number of hydrogen-bond donors (Lipinski definition) is 1. The number of para-hydroxylation sites is 1. The maximum atomic E-state index is 14.2. The molecule has 0 spiro atoms. The van der Waals surface area contributed by atoms with Crippen LogP contribution in [0.25, 0.3) is 11.0 Å². The van der Waals surface area contributed by atoms with Gasteiger partial charge in [0.2, 0.25) is 0 Å². The van der Waals surface area contributed by atoms with Crippen molar-refractivity contribution in [3.05, 3.63) is 95.8 Å². The van der Waals surface area contributed by atoms with E-state index >= 15 is 0 Å². The molecule has 1 N–H and O–H groups in total. The van der Waals surface area contributed by atoms with E-state index in [1.54, 1.807) is 0 Å². The standard InChI is InChI=1S/C33H40N4O/c1-24(2)28-15-10-16-29(25(3)4)30(28)36(22-26-12-6-5-7-13-26)32(38)35-23-33(18-8-9-19-33)37-21-17-27-14-11-20-34-31(27)37/h5-7,10-17,20-21,24-25H,8-9,18-19,22-23H2,1-4H3,(H,35,38). The van der Waals surface area contributed by atoms with E-state index in [9.17, 15) is 4.79 Å². The first-order valence-corrected chi connectivity index (χ1v) is 14.0. The highest BCUT2D eigenvalue weighted by Crippen LogP contribution is 2.39. The van der Waals surface area contributed by atoms with Gasteiger partial charge in [0.15, 0.2) is 0 Å². The minimum atomic E-state index is -0.164. The molecule has 2 heterocycles. The minimum Gasteiger partial charge on any atom is -0.335 e. The van der Waals surface area contributed by atoms with Gasteiger partial charge in [-0.3, -0.25) is 4.90 Å². The van der Waals surface area contributed by atoms with Gasteiger partial charge in [0.25, 0.3) is 0 Å². The second kappa shape index (κ2) is 11.0. The molecule has 0 unspecified atom stereocenters. The van der Waals surface area contributed by atoms with Crippen molar-refractivity contribution in [2.45, 2.75) is 77.3 Å². The normalized spacial score (nSPS) is 14.9. The van der Waals surface area contributed by atoms with Crippen molar-refractivity contribution >= 4 is 22.8 Å². The molecule has 4 aromatic rings. The lowest BCUT2D eigenvalue weighted by atomic mass is 9.91. The van der Waals surface area contributed by atoms with Gasteiger partial charge in [-0.25, -0.2) is 9.78 Å². The zero-order valence-corrected chi connectivity index (χ0v) is 23.2. The maximum absolute atomic E-state index is 14.2. The van der Waals surface area contributed by atoms with Crippen LogP contribution in [-0.4, -0.2) is 22.1 Å². The Labute approximate surface area is 226 Å². The van der Waals surface area contributed by atoms with E-state index in [2.05, 4.69) is 86.2 Å². The molecule has 198 valence electrons. The molecule has 1 fully saturated rings. The predicted octanol–water partition coefficient (Wildman–Crippen LogP) is 7.97. The summed E-state index contributed by atoms with van der Waals surface area (Å²) in [5.41, 5.74) is 5.41. The van der Waals surface area contributed by atoms with Crippen LogP contribution >= 0.6 is 0 Å². The Bertz CT molecular complexity index is 1360. The smallest absolute Gasteiger partial charge is 0.322 e. The van der Waals surface area contributed by atoms with E-state index in [1.807, 2.05) is 35.4 Å². The van der Waals surface area contributed by atoms with Crippen LogP contribution in [0.3, 0.4) is 0 Å². The van der Waals surface area contributed by atoms with Crippen molar-refractivity contribution in [3.63, 3.8) is 0 Å². The summed E-state index contributed by atoms with van der Waals surface area (Å²) in [7, 11) is 0. The molecular formula is C33H40N4O. The molecule has 2 aromatic carbocycles. The summed E-state index contributed by atoms with van der Waals surface area (Å²) in [5, 5.41) is 4.55. The fourth-order valence-electron chi connectivity index (χ4n) is 6.06. The van der Waals surface area contributed by atoms with Gasteiger partial charge in [0.1, 0.15) is 5.65 Å².